The van der Waals surface area contributed by atoms with Gasteiger partial charge in [-0.2, -0.15) is 0 Å². The predicted molar refractivity (Wildman–Crippen MR) is 80.1 cm³/mol. The van der Waals surface area contributed by atoms with E-state index >= 15 is 0 Å². The summed E-state index contributed by atoms with van der Waals surface area (Å²) < 4.78 is 0. The van der Waals surface area contributed by atoms with Gasteiger partial charge in [-0.1, -0.05) is 30.4 Å². The maximum absolute atomic E-state index is 12.4. The number of carbonyl (C=O) groups is 1. The van der Waals surface area contributed by atoms with Crippen molar-refractivity contribution in [2.45, 2.75) is 26.7 Å². The lowest BCUT2D eigenvalue weighted by atomic mass is 9.87. The number of hydrogen-bond acceptors (Lipinski definition) is 2. The number of ketones is 1. The SMILES string of the molecule is C/C=C/[C@]1(C)CC/C(=C\N(C)c2ccccc2)C1=O. The van der Waals surface area contributed by atoms with E-state index in [-0.39, 0.29) is 11.2 Å². The van der Waals surface area contributed by atoms with Gasteiger partial charge in [0.1, 0.15) is 0 Å². The van der Waals surface area contributed by atoms with Crippen LogP contribution in [0.2, 0.25) is 0 Å². The van der Waals surface area contributed by atoms with Crippen LogP contribution >= 0.6 is 0 Å². The van der Waals surface area contributed by atoms with Crippen molar-refractivity contribution in [3.05, 3.63) is 54.3 Å². The molecule has 2 nitrogen and oxygen atoms in total. The Morgan fingerprint density at radius 1 is 1.26 bits per heavy atom. The van der Waals surface area contributed by atoms with Gasteiger partial charge >= 0.3 is 0 Å². The number of anilines is 1. The van der Waals surface area contributed by atoms with Crippen LogP contribution < -0.4 is 4.90 Å². The highest BCUT2D eigenvalue weighted by Crippen LogP contribution is 2.39. The zero-order valence-corrected chi connectivity index (χ0v) is 11.9. The van der Waals surface area contributed by atoms with Gasteiger partial charge in [-0.3, -0.25) is 4.79 Å². The van der Waals surface area contributed by atoms with E-state index in [9.17, 15) is 4.79 Å². The van der Waals surface area contributed by atoms with Crippen LogP contribution in [-0.2, 0) is 4.79 Å². The topological polar surface area (TPSA) is 20.3 Å². The number of benzene rings is 1. The minimum absolute atomic E-state index is 0.258. The fourth-order valence-electron chi connectivity index (χ4n) is 2.61. The maximum atomic E-state index is 12.4. The molecule has 1 aliphatic rings. The second kappa shape index (κ2) is 5.43. The van der Waals surface area contributed by atoms with Crippen molar-refractivity contribution in [3.63, 3.8) is 0 Å². The van der Waals surface area contributed by atoms with E-state index in [4.69, 9.17) is 0 Å². The Hall–Kier alpha value is -1.83. The molecule has 0 amide bonds. The summed E-state index contributed by atoms with van der Waals surface area (Å²) in [6.07, 6.45) is 7.74. The van der Waals surface area contributed by atoms with Crippen molar-refractivity contribution in [1.82, 2.24) is 0 Å². The Bertz CT molecular complexity index is 515. The van der Waals surface area contributed by atoms with Crippen LogP contribution in [0.1, 0.15) is 26.7 Å². The fraction of sp³-hybridized carbons (Fsp3) is 0.353. The summed E-state index contributed by atoms with van der Waals surface area (Å²) in [4.78, 5) is 14.5. The molecule has 0 spiro atoms. The molecule has 0 radical (unpaired) electrons. The number of carbonyl (C=O) groups excluding carboxylic acids is 1. The molecule has 0 saturated heterocycles. The third kappa shape index (κ3) is 2.78. The van der Waals surface area contributed by atoms with Crippen LogP contribution in [0.4, 0.5) is 5.69 Å². The lowest BCUT2D eigenvalue weighted by molar-refractivity contribution is -0.120. The average Bonchev–Trinajstić information content (AvgIpc) is 2.69. The Morgan fingerprint density at radius 2 is 1.95 bits per heavy atom. The van der Waals surface area contributed by atoms with Gasteiger partial charge in [0.15, 0.2) is 5.78 Å². The van der Waals surface area contributed by atoms with E-state index in [0.717, 1.165) is 24.1 Å². The van der Waals surface area contributed by atoms with E-state index in [1.54, 1.807) is 0 Å². The number of hydrogen-bond donors (Lipinski definition) is 0. The fourth-order valence-corrected chi connectivity index (χ4v) is 2.61. The van der Waals surface area contributed by atoms with Crippen molar-refractivity contribution in [3.8, 4) is 0 Å². The number of para-hydroxylation sites is 1. The van der Waals surface area contributed by atoms with Crippen molar-refractivity contribution < 1.29 is 4.79 Å². The van der Waals surface area contributed by atoms with Gasteiger partial charge in [0.05, 0.1) is 0 Å². The molecule has 1 aromatic carbocycles. The molecule has 1 fully saturated rings. The second-order valence-corrected chi connectivity index (χ2v) is 5.35. The minimum Gasteiger partial charge on any atom is -0.351 e. The first-order chi connectivity index (χ1) is 9.07. The van der Waals surface area contributed by atoms with Gasteiger partial charge in [0.25, 0.3) is 0 Å². The predicted octanol–water partition coefficient (Wildman–Crippen LogP) is 3.95. The molecule has 0 aromatic heterocycles. The second-order valence-electron chi connectivity index (χ2n) is 5.35. The molecule has 2 heteroatoms. The summed E-state index contributed by atoms with van der Waals surface area (Å²) in [6.45, 7) is 4.00. The summed E-state index contributed by atoms with van der Waals surface area (Å²) in [5.41, 5.74) is 1.72. The van der Waals surface area contributed by atoms with Gasteiger partial charge in [-0.05, 0) is 38.8 Å². The first-order valence-corrected chi connectivity index (χ1v) is 6.74. The summed E-state index contributed by atoms with van der Waals surface area (Å²) in [6, 6.07) is 10.1. The quantitative estimate of drug-likeness (QED) is 0.602. The molecule has 1 aromatic rings. The zero-order chi connectivity index (χ0) is 13.9. The monoisotopic (exact) mass is 255 g/mol. The van der Waals surface area contributed by atoms with Crippen LogP contribution in [0.15, 0.2) is 54.3 Å². The molecule has 0 heterocycles. The summed E-state index contributed by atoms with van der Waals surface area (Å²) in [5.74, 6) is 0.258. The summed E-state index contributed by atoms with van der Waals surface area (Å²) >= 11 is 0. The summed E-state index contributed by atoms with van der Waals surface area (Å²) in [5, 5.41) is 0. The lowest BCUT2D eigenvalue weighted by Crippen LogP contribution is -2.20. The number of allylic oxidation sites excluding steroid dienone is 3. The zero-order valence-electron chi connectivity index (χ0n) is 11.9. The first-order valence-electron chi connectivity index (χ1n) is 6.74. The molecule has 2 rings (SSSR count). The maximum Gasteiger partial charge on any atom is 0.169 e. The van der Waals surface area contributed by atoms with Crippen LogP contribution in [-0.4, -0.2) is 12.8 Å². The highest BCUT2D eigenvalue weighted by Gasteiger charge is 2.38. The Morgan fingerprint density at radius 3 is 2.58 bits per heavy atom. The minimum atomic E-state index is -0.307. The Labute approximate surface area is 115 Å². The van der Waals surface area contributed by atoms with Crippen molar-refractivity contribution in [1.29, 1.82) is 0 Å². The lowest BCUT2D eigenvalue weighted by Gasteiger charge is -2.17. The number of nitrogens with zero attached hydrogens (tertiary/aromatic N) is 1. The van der Waals surface area contributed by atoms with E-state index in [1.807, 2.05) is 74.5 Å². The Balaban J connectivity index is 2.20. The van der Waals surface area contributed by atoms with Gasteiger partial charge in [0, 0.05) is 29.9 Å². The molecule has 0 aliphatic heterocycles. The van der Waals surface area contributed by atoms with Crippen molar-refractivity contribution in [2.24, 2.45) is 5.41 Å². The molecule has 0 unspecified atom stereocenters. The normalized spacial score (nSPS) is 25.4. The largest absolute Gasteiger partial charge is 0.351 e. The van der Waals surface area contributed by atoms with Crippen LogP contribution in [0.3, 0.4) is 0 Å². The highest BCUT2D eigenvalue weighted by molar-refractivity contribution is 6.03. The summed E-state index contributed by atoms with van der Waals surface area (Å²) in [7, 11) is 1.99. The van der Waals surface area contributed by atoms with Crippen LogP contribution in [0.25, 0.3) is 0 Å². The molecule has 1 aliphatic carbocycles. The first kappa shape index (κ1) is 13.6. The molecule has 100 valence electrons. The molecule has 19 heavy (non-hydrogen) atoms. The van der Waals surface area contributed by atoms with E-state index in [0.29, 0.717) is 0 Å². The van der Waals surface area contributed by atoms with Crippen molar-refractivity contribution >= 4 is 11.5 Å². The molecule has 1 atom stereocenters. The van der Waals surface area contributed by atoms with Gasteiger partial charge < -0.3 is 4.90 Å². The third-order valence-electron chi connectivity index (χ3n) is 3.77. The molecule has 0 bridgehead atoms. The van der Waals surface area contributed by atoms with Gasteiger partial charge in [-0.15, -0.1) is 0 Å². The van der Waals surface area contributed by atoms with E-state index in [2.05, 4.69) is 0 Å². The highest BCUT2D eigenvalue weighted by atomic mass is 16.1. The molecule has 1 saturated carbocycles. The molecule has 0 N–H and O–H groups in total. The Kier molecular flexibility index (Phi) is 3.89. The average molecular weight is 255 g/mol. The standard InChI is InChI=1S/C17H21NO/c1-4-11-17(2)12-10-14(16(17)19)13-18(3)15-8-6-5-7-9-15/h4-9,11,13H,10,12H2,1-3H3/b11-4+,14-13+/t17-/m1/s1. The van der Waals surface area contributed by atoms with Crippen molar-refractivity contribution in [2.75, 3.05) is 11.9 Å². The number of Topliss-reactive ketones (excluding diaryl/α,β-unsaturated/α-hetero) is 1. The molecular formula is C17H21NO. The van der Waals surface area contributed by atoms with E-state index in [1.165, 1.54) is 0 Å². The van der Waals surface area contributed by atoms with Gasteiger partial charge in [-0.25, -0.2) is 0 Å². The third-order valence-corrected chi connectivity index (χ3v) is 3.77. The molecular weight excluding hydrogens is 234 g/mol. The smallest absolute Gasteiger partial charge is 0.169 e. The van der Waals surface area contributed by atoms with Crippen LogP contribution in [0.5, 0.6) is 0 Å². The van der Waals surface area contributed by atoms with E-state index < -0.39 is 0 Å². The van der Waals surface area contributed by atoms with Crippen LogP contribution in [0, 0.1) is 5.41 Å². The van der Waals surface area contributed by atoms with Gasteiger partial charge in [0.2, 0.25) is 0 Å². The number of rotatable bonds is 3.